The minimum atomic E-state index is -2.28. The molecule has 0 amide bonds. The van der Waals surface area contributed by atoms with E-state index in [9.17, 15) is 29.7 Å². The summed E-state index contributed by atoms with van der Waals surface area (Å²) in [5.74, 6) is -5.13. The maximum Gasteiger partial charge on any atom is 3.00 e. The molecule has 0 fully saturated rings. The molecule has 0 aromatic carbocycles. The van der Waals surface area contributed by atoms with Crippen molar-refractivity contribution in [1.29, 1.82) is 0 Å². The number of carbonyl (C=O) groups is 3. The first-order valence-corrected chi connectivity index (χ1v) is 7.08. The fraction of sp³-hybridized carbons (Fsp3) is 0.500. The summed E-state index contributed by atoms with van der Waals surface area (Å²) in [5, 5.41) is 28.5. The SMILES string of the molecule is O=C([O-])C(Cl)(Cl)Cl.O=C([O-])C(Cl)(Cl)Cl.O=C([O-])C(Cl)(Cl)Cl.[Eu+3]. The molecule has 22 heavy (non-hydrogen) atoms. The fourth-order valence-corrected chi connectivity index (χ4v) is 0. The van der Waals surface area contributed by atoms with Crippen LogP contribution in [0.4, 0.5) is 0 Å². The van der Waals surface area contributed by atoms with Gasteiger partial charge in [-0.25, -0.2) is 0 Å². The van der Waals surface area contributed by atoms with Crippen LogP contribution in [0.15, 0.2) is 0 Å². The van der Waals surface area contributed by atoms with Gasteiger partial charge in [0.2, 0.25) is 11.4 Å². The Morgan fingerprint density at radius 2 is 0.545 bits per heavy atom. The summed E-state index contributed by atoms with van der Waals surface area (Å²) in [6.45, 7) is 0. The van der Waals surface area contributed by atoms with Crippen molar-refractivity contribution in [3.05, 3.63) is 0 Å². The van der Waals surface area contributed by atoms with E-state index in [-0.39, 0.29) is 49.4 Å². The van der Waals surface area contributed by atoms with E-state index in [1.807, 2.05) is 0 Å². The van der Waals surface area contributed by atoms with Crippen LogP contribution in [-0.4, -0.2) is 29.3 Å². The summed E-state index contributed by atoms with van der Waals surface area (Å²) in [4.78, 5) is 28.5. The molecule has 0 bridgehead atoms. The minimum Gasteiger partial charge on any atom is -0.545 e. The molecule has 0 aliphatic carbocycles. The maximum absolute atomic E-state index is 9.51. The van der Waals surface area contributed by atoms with Crippen molar-refractivity contribution in [2.24, 2.45) is 0 Å². The Balaban J connectivity index is -0.000000108. The maximum atomic E-state index is 9.51. The first-order chi connectivity index (χ1) is 8.83. The van der Waals surface area contributed by atoms with Crippen molar-refractivity contribution in [2.45, 2.75) is 11.4 Å². The summed E-state index contributed by atoms with van der Waals surface area (Å²) in [6.07, 6.45) is 0. The molecule has 0 radical (unpaired) electrons. The first kappa shape index (κ1) is 32.3. The topological polar surface area (TPSA) is 120 Å². The van der Waals surface area contributed by atoms with Gasteiger partial charge in [-0.15, -0.1) is 0 Å². The van der Waals surface area contributed by atoms with Gasteiger partial charge in [-0.3, -0.25) is 0 Å². The molecular formula is C6Cl9EuO6. The molecule has 0 aromatic rings. The molecule has 0 aliphatic rings. The van der Waals surface area contributed by atoms with E-state index in [1.165, 1.54) is 0 Å². The van der Waals surface area contributed by atoms with Gasteiger partial charge >= 0.3 is 49.4 Å². The molecule has 0 saturated heterocycles. The molecule has 0 heterocycles. The molecule has 0 aromatic heterocycles. The minimum absolute atomic E-state index is 0. The van der Waals surface area contributed by atoms with Crippen molar-refractivity contribution < 1.29 is 79.1 Å². The Hall–Kier alpha value is 2.60. The van der Waals surface area contributed by atoms with E-state index in [0.717, 1.165) is 0 Å². The third-order valence-corrected chi connectivity index (χ3v) is 2.08. The van der Waals surface area contributed by atoms with Gasteiger partial charge in [0.25, 0.3) is 0 Å². The number of hydrogen-bond donors (Lipinski definition) is 0. The van der Waals surface area contributed by atoms with Gasteiger partial charge in [0.1, 0.15) is 0 Å². The number of hydrogen-bond acceptors (Lipinski definition) is 6. The zero-order valence-electron chi connectivity index (χ0n) is 9.23. The normalized spacial score (nSPS) is 10.8. The summed E-state index contributed by atoms with van der Waals surface area (Å²) in [7, 11) is 0. The third kappa shape index (κ3) is 24.9. The predicted octanol–water partition coefficient (Wildman–Crippen LogP) is 0.319. The molecule has 0 saturated carbocycles. The van der Waals surface area contributed by atoms with E-state index >= 15 is 0 Å². The van der Waals surface area contributed by atoms with Gasteiger partial charge in [-0.05, 0) is 0 Å². The van der Waals surface area contributed by atoms with E-state index in [2.05, 4.69) is 0 Å². The van der Waals surface area contributed by atoms with Gasteiger partial charge < -0.3 is 29.7 Å². The Morgan fingerprint density at radius 1 is 0.500 bits per heavy atom. The quantitative estimate of drug-likeness (QED) is 0.353. The fourth-order valence-electron chi connectivity index (χ4n) is 0. The molecule has 0 atom stereocenters. The van der Waals surface area contributed by atoms with Crippen LogP contribution in [0.5, 0.6) is 0 Å². The second-order valence-electron chi connectivity index (χ2n) is 2.36. The van der Waals surface area contributed by atoms with Crippen LogP contribution in [0, 0.1) is 49.4 Å². The van der Waals surface area contributed by atoms with Gasteiger partial charge in [-0.2, -0.15) is 0 Å². The van der Waals surface area contributed by atoms with Crippen LogP contribution >= 0.6 is 104 Å². The summed E-state index contributed by atoms with van der Waals surface area (Å²) in [5.41, 5.74) is 0. The molecule has 0 unspecified atom stereocenters. The predicted molar refractivity (Wildman–Crippen MR) is 75.9 cm³/mol. The Bertz CT molecular complexity index is 313. The van der Waals surface area contributed by atoms with Crippen molar-refractivity contribution in [3.8, 4) is 0 Å². The zero-order chi connectivity index (χ0) is 18.2. The van der Waals surface area contributed by atoms with Crippen molar-refractivity contribution >= 4 is 122 Å². The number of halogens is 9. The number of aliphatic carboxylic acids is 3. The third-order valence-electron chi connectivity index (χ3n) is 0.694. The largest absolute Gasteiger partial charge is 3.00 e. The number of rotatable bonds is 0. The Kier molecular flexibility index (Phi) is 20.2. The average molecular weight is 639 g/mol. The van der Waals surface area contributed by atoms with Crippen molar-refractivity contribution in [1.82, 2.24) is 0 Å². The molecule has 0 aliphatic heterocycles. The van der Waals surface area contributed by atoms with E-state index in [0.29, 0.717) is 0 Å². The van der Waals surface area contributed by atoms with E-state index in [1.54, 1.807) is 0 Å². The van der Waals surface area contributed by atoms with Gasteiger partial charge in [0, 0.05) is 0 Å². The van der Waals surface area contributed by atoms with Crippen molar-refractivity contribution in [2.75, 3.05) is 0 Å². The van der Waals surface area contributed by atoms with Gasteiger partial charge in [-0.1, -0.05) is 104 Å². The van der Waals surface area contributed by atoms with Crippen LogP contribution in [-0.2, 0) is 14.4 Å². The zero-order valence-corrected chi connectivity index (χ0v) is 18.5. The standard InChI is InChI=1S/3C2HCl3O2.Eu/c3*3-2(4,5)1(6)7;/h3*(H,6,7);/q;;;+3/p-3. The second kappa shape index (κ2) is 13.8. The van der Waals surface area contributed by atoms with Gasteiger partial charge in [0.05, 0.1) is 17.9 Å². The van der Waals surface area contributed by atoms with Crippen LogP contribution in [0.25, 0.3) is 0 Å². The number of alkyl halides is 9. The molecule has 0 spiro atoms. The average Bonchev–Trinajstić information content (AvgIpc) is 2.14. The van der Waals surface area contributed by atoms with E-state index in [4.69, 9.17) is 104 Å². The van der Waals surface area contributed by atoms with Crippen LogP contribution in [0.3, 0.4) is 0 Å². The molecule has 0 N–H and O–H groups in total. The van der Waals surface area contributed by atoms with Crippen LogP contribution < -0.4 is 15.3 Å². The Labute approximate surface area is 209 Å². The van der Waals surface area contributed by atoms with Crippen LogP contribution in [0.2, 0.25) is 0 Å². The number of carbonyl (C=O) groups excluding carboxylic acids is 3. The summed E-state index contributed by atoms with van der Waals surface area (Å²) >= 11 is 42.6. The second-order valence-corrected chi connectivity index (χ2v) is 9.20. The smallest absolute Gasteiger partial charge is 0.545 e. The van der Waals surface area contributed by atoms with E-state index < -0.39 is 29.3 Å². The molecule has 0 rings (SSSR count). The molecular weight excluding hydrogens is 639 g/mol. The Morgan fingerprint density at radius 3 is 0.545 bits per heavy atom. The van der Waals surface area contributed by atoms with Crippen LogP contribution in [0.1, 0.15) is 0 Å². The van der Waals surface area contributed by atoms with Gasteiger partial charge in [0.15, 0.2) is 0 Å². The molecule has 130 valence electrons. The molecule has 16 heteroatoms. The number of carboxylic acid groups (broad SMARTS) is 3. The molecule has 6 nitrogen and oxygen atoms in total. The summed E-state index contributed by atoms with van der Waals surface area (Å²) in [6, 6.07) is 0. The summed E-state index contributed by atoms with van der Waals surface area (Å²) < 4.78 is -6.83. The monoisotopic (exact) mass is 636 g/mol. The van der Waals surface area contributed by atoms with Crippen molar-refractivity contribution in [3.63, 3.8) is 0 Å². The number of carboxylic acids is 3. The first-order valence-electron chi connectivity index (χ1n) is 3.68.